The molecule has 3 rings (SSSR count). The highest BCUT2D eigenvalue weighted by molar-refractivity contribution is 5.85. The summed E-state index contributed by atoms with van der Waals surface area (Å²) in [5, 5.41) is 18.8. The van der Waals surface area contributed by atoms with Crippen LogP contribution in [0, 0.1) is 12.3 Å². The Hall–Kier alpha value is -2.50. The lowest BCUT2D eigenvalue weighted by Crippen LogP contribution is -2.31. The minimum absolute atomic E-state index is 0. The maximum Gasteiger partial charge on any atom is 0.203 e. The van der Waals surface area contributed by atoms with Crippen LogP contribution in [0.2, 0.25) is 0 Å². The second-order valence-electron chi connectivity index (χ2n) is 6.10. The standard InChI is InChI=1S/C20H23N3O2.ClH/c1-3-12-22-18-6-4-5-7-19(18)23(20(22)21)13-16(24)14-25-17-10-8-15(2)9-11-17;/h3-11,16,21,24H,1,12-14H2,2H3;1H. The zero-order valence-corrected chi connectivity index (χ0v) is 15.6. The third-order valence-electron chi connectivity index (χ3n) is 4.14. The summed E-state index contributed by atoms with van der Waals surface area (Å²) in [6, 6.07) is 15.5. The second kappa shape index (κ2) is 8.74. The third kappa shape index (κ3) is 4.18. The van der Waals surface area contributed by atoms with Gasteiger partial charge >= 0.3 is 0 Å². The number of fused-ring (bicyclic) bond motifs is 1. The van der Waals surface area contributed by atoms with Crippen LogP contribution in [-0.2, 0) is 13.1 Å². The first-order valence-electron chi connectivity index (χ1n) is 8.31. The molecule has 1 aromatic heterocycles. The quantitative estimate of drug-likeness (QED) is 0.624. The summed E-state index contributed by atoms with van der Waals surface area (Å²) >= 11 is 0. The summed E-state index contributed by atoms with van der Waals surface area (Å²) in [6.45, 7) is 6.81. The van der Waals surface area contributed by atoms with Gasteiger partial charge in [-0.05, 0) is 31.2 Å². The van der Waals surface area contributed by atoms with E-state index < -0.39 is 6.10 Å². The van der Waals surface area contributed by atoms with E-state index in [9.17, 15) is 5.11 Å². The Kier molecular flexibility index (Phi) is 6.66. The minimum Gasteiger partial charge on any atom is -0.491 e. The fourth-order valence-corrected chi connectivity index (χ4v) is 2.88. The number of halogens is 1. The molecule has 0 amide bonds. The van der Waals surface area contributed by atoms with Crippen molar-refractivity contribution < 1.29 is 9.84 Å². The lowest BCUT2D eigenvalue weighted by molar-refractivity contribution is 0.0921. The van der Waals surface area contributed by atoms with E-state index >= 15 is 0 Å². The Bertz CT molecular complexity index is 928. The van der Waals surface area contributed by atoms with Gasteiger partial charge in [0.05, 0.1) is 17.6 Å². The van der Waals surface area contributed by atoms with Crippen LogP contribution in [-0.4, -0.2) is 27.0 Å². The van der Waals surface area contributed by atoms with Gasteiger partial charge in [-0.2, -0.15) is 0 Å². The first-order valence-corrected chi connectivity index (χ1v) is 8.31. The Morgan fingerprint density at radius 1 is 1.12 bits per heavy atom. The molecule has 0 saturated carbocycles. The van der Waals surface area contributed by atoms with Crippen LogP contribution in [0.25, 0.3) is 11.0 Å². The topological polar surface area (TPSA) is 63.2 Å². The fraction of sp³-hybridized carbons (Fsp3) is 0.250. The molecular formula is C20H24ClN3O2. The van der Waals surface area contributed by atoms with E-state index in [0.29, 0.717) is 18.7 Å². The van der Waals surface area contributed by atoms with Gasteiger partial charge in [-0.1, -0.05) is 35.9 Å². The Morgan fingerprint density at radius 2 is 1.73 bits per heavy atom. The van der Waals surface area contributed by atoms with Crippen molar-refractivity contribution in [2.24, 2.45) is 0 Å². The van der Waals surface area contributed by atoms with Gasteiger partial charge < -0.3 is 19.0 Å². The number of aliphatic hydroxyl groups is 1. The molecule has 0 radical (unpaired) electrons. The number of nitrogens with zero attached hydrogens (tertiary/aromatic N) is 2. The van der Waals surface area contributed by atoms with Crippen molar-refractivity contribution in [3.8, 4) is 5.75 Å². The number of hydrogen-bond donors (Lipinski definition) is 2. The molecule has 6 heteroatoms. The maximum absolute atomic E-state index is 10.4. The van der Waals surface area contributed by atoms with Gasteiger partial charge in [-0.25, -0.2) is 0 Å². The van der Waals surface area contributed by atoms with Crippen molar-refractivity contribution in [2.75, 3.05) is 6.61 Å². The number of ether oxygens (including phenoxy) is 1. The highest BCUT2D eigenvalue weighted by Crippen LogP contribution is 2.15. The van der Waals surface area contributed by atoms with Gasteiger partial charge in [0.2, 0.25) is 5.62 Å². The lowest BCUT2D eigenvalue weighted by Gasteiger charge is -2.14. The number of allylic oxidation sites excluding steroid dienone is 1. The number of hydrogen-bond acceptors (Lipinski definition) is 3. The average molecular weight is 374 g/mol. The molecule has 0 aliphatic heterocycles. The van der Waals surface area contributed by atoms with Crippen molar-refractivity contribution in [1.82, 2.24) is 9.13 Å². The molecular weight excluding hydrogens is 350 g/mol. The SMILES string of the molecule is C=CCn1c(=N)n(CC(O)COc2ccc(C)cc2)c2ccccc21.Cl. The van der Waals surface area contributed by atoms with Crippen molar-refractivity contribution in [1.29, 1.82) is 5.41 Å². The zero-order chi connectivity index (χ0) is 17.8. The second-order valence-corrected chi connectivity index (χ2v) is 6.10. The average Bonchev–Trinajstić information content (AvgIpc) is 2.88. The van der Waals surface area contributed by atoms with Crippen LogP contribution in [0.4, 0.5) is 0 Å². The molecule has 0 fully saturated rings. The highest BCUT2D eigenvalue weighted by Gasteiger charge is 2.13. The highest BCUT2D eigenvalue weighted by atomic mass is 35.5. The molecule has 0 spiro atoms. The predicted molar refractivity (Wildman–Crippen MR) is 106 cm³/mol. The number of aliphatic hydroxyl groups excluding tert-OH is 1. The van der Waals surface area contributed by atoms with Gasteiger partial charge in [-0.3, -0.25) is 5.41 Å². The molecule has 2 N–H and O–H groups in total. The Morgan fingerprint density at radius 3 is 2.35 bits per heavy atom. The van der Waals surface area contributed by atoms with Crippen LogP contribution < -0.4 is 10.4 Å². The molecule has 1 atom stereocenters. The summed E-state index contributed by atoms with van der Waals surface area (Å²) in [6.07, 6.45) is 1.06. The van der Waals surface area contributed by atoms with Crippen LogP contribution in [0.15, 0.2) is 61.2 Å². The van der Waals surface area contributed by atoms with Crippen LogP contribution in [0.3, 0.4) is 0 Å². The van der Waals surface area contributed by atoms with Gasteiger partial charge in [-0.15, -0.1) is 19.0 Å². The predicted octanol–water partition coefficient (Wildman–Crippen LogP) is 3.28. The summed E-state index contributed by atoms with van der Waals surface area (Å²) < 4.78 is 9.33. The number of benzene rings is 2. The minimum atomic E-state index is -0.710. The number of aromatic nitrogens is 2. The van der Waals surface area contributed by atoms with Crippen molar-refractivity contribution in [3.63, 3.8) is 0 Å². The first-order chi connectivity index (χ1) is 12.1. The van der Waals surface area contributed by atoms with E-state index in [1.165, 1.54) is 0 Å². The maximum atomic E-state index is 10.4. The monoisotopic (exact) mass is 373 g/mol. The van der Waals surface area contributed by atoms with Gasteiger partial charge in [0, 0.05) is 6.54 Å². The van der Waals surface area contributed by atoms with Gasteiger partial charge in [0.15, 0.2) is 0 Å². The Labute approximate surface area is 159 Å². The molecule has 2 aromatic carbocycles. The molecule has 138 valence electrons. The smallest absolute Gasteiger partial charge is 0.203 e. The van der Waals surface area contributed by atoms with Crippen molar-refractivity contribution in [3.05, 3.63) is 72.4 Å². The first kappa shape index (κ1) is 19.8. The normalized spacial score (nSPS) is 11.8. The fourth-order valence-electron chi connectivity index (χ4n) is 2.88. The van der Waals surface area contributed by atoms with E-state index in [0.717, 1.165) is 22.3 Å². The number of para-hydroxylation sites is 2. The van der Waals surface area contributed by atoms with E-state index in [2.05, 4.69) is 6.58 Å². The van der Waals surface area contributed by atoms with E-state index in [-0.39, 0.29) is 19.0 Å². The van der Waals surface area contributed by atoms with E-state index in [1.54, 1.807) is 6.08 Å². The molecule has 1 unspecified atom stereocenters. The molecule has 1 heterocycles. The summed E-state index contributed by atoms with van der Waals surface area (Å²) in [5.74, 6) is 0.731. The van der Waals surface area contributed by atoms with Gasteiger partial charge in [0.1, 0.15) is 18.5 Å². The summed E-state index contributed by atoms with van der Waals surface area (Å²) in [4.78, 5) is 0. The van der Waals surface area contributed by atoms with Crippen molar-refractivity contribution >= 4 is 23.4 Å². The summed E-state index contributed by atoms with van der Waals surface area (Å²) in [7, 11) is 0. The van der Waals surface area contributed by atoms with E-state index in [1.807, 2.05) is 64.6 Å². The lowest BCUT2D eigenvalue weighted by atomic mass is 10.2. The van der Waals surface area contributed by atoms with Crippen molar-refractivity contribution in [2.45, 2.75) is 26.1 Å². The summed E-state index contributed by atoms with van der Waals surface area (Å²) in [5.41, 5.74) is 3.38. The molecule has 0 bridgehead atoms. The largest absolute Gasteiger partial charge is 0.491 e. The van der Waals surface area contributed by atoms with Crippen LogP contribution in [0.1, 0.15) is 5.56 Å². The van der Waals surface area contributed by atoms with Crippen LogP contribution in [0.5, 0.6) is 5.75 Å². The number of imidazole rings is 1. The molecule has 0 saturated heterocycles. The molecule has 26 heavy (non-hydrogen) atoms. The molecule has 0 aliphatic carbocycles. The van der Waals surface area contributed by atoms with Gasteiger partial charge in [0.25, 0.3) is 0 Å². The Balaban J connectivity index is 0.00000243. The number of nitrogens with one attached hydrogen (secondary N) is 1. The third-order valence-corrected chi connectivity index (χ3v) is 4.14. The van der Waals surface area contributed by atoms with Crippen LogP contribution >= 0.6 is 12.4 Å². The number of aryl methyl sites for hydroxylation is 1. The number of rotatable bonds is 7. The zero-order valence-electron chi connectivity index (χ0n) is 14.8. The molecule has 5 nitrogen and oxygen atoms in total. The molecule has 3 aromatic rings. The molecule has 0 aliphatic rings. The van der Waals surface area contributed by atoms with E-state index in [4.69, 9.17) is 10.1 Å².